The third-order valence-corrected chi connectivity index (χ3v) is 4.15. The van der Waals surface area contributed by atoms with Crippen LogP contribution in [0.4, 0.5) is 5.69 Å². The summed E-state index contributed by atoms with van der Waals surface area (Å²) >= 11 is 0. The van der Waals surface area contributed by atoms with Crippen LogP contribution in [0.15, 0.2) is 30.3 Å². The molecular weight excluding hydrogens is 294 g/mol. The summed E-state index contributed by atoms with van der Waals surface area (Å²) in [7, 11) is 0. The van der Waals surface area contributed by atoms with Crippen LogP contribution in [0.25, 0.3) is 6.08 Å². The zero-order valence-electron chi connectivity index (χ0n) is 13.5. The van der Waals surface area contributed by atoms with Crippen molar-refractivity contribution in [3.63, 3.8) is 0 Å². The van der Waals surface area contributed by atoms with Gasteiger partial charge in [0.25, 0.3) is 5.69 Å². The van der Waals surface area contributed by atoms with E-state index in [4.69, 9.17) is 0 Å². The summed E-state index contributed by atoms with van der Waals surface area (Å²) in [5.74, 6) is -0.138. The molecule has 1 aromatic rings. The predicted molar refractivity (Wildman–Crippen MR) is 89.1 cm³/mol. The molecule has 124 valence electrons. The molecule has 1 aromatic carbocycles. The second kappa shape index (κ2) is 8.43. The highest BCUT2D eigenvalue weighted by Crippen LogP contribution is 2.14. The largest absolute Gasteiger partial charge is 0.349 e. The number of nitro benzene ring substituents is 1. The van der Waals surface area contributed by atoms with Crippen LogP contribution in [0.2, 0.25) is 0 Å². The van der Waals surface area contributed by atoms with Crippen molar-refractivity contribution in [3.05, 3.63) is 46.0 Å². The molecule has 1 aliphatic heterocycles. The van der Waals surface area contributed by atoms with Crippen molar-refractivity contribution in [2.75, 3.05) is 19.6 Å². The lowest BCUT2D eigenvalue weighted by molar-refractivity contribution is -0.905. The van der Waals surface area contributed by atoms with Crippen molar-refractivity contribution >= 4 is 17.7 Å². The Labute approximate surface area is 136 Å². The minimum Gasteiger partial charge on any atom is -0.349 e. The summed E-state index contributed by atoms with van der Waals surface area (Å²) in [6, 6.07) is 6.48. The predicted octanol–water partition coefficient (Wildman–Crippen LogP) is 1.18. The topological polar surface area (TPSA) is 76.7 Å². The standard InChI is InChI=1S/C17H23N3O3/c1-2-10-19-11-8-15(9-12-19)18-17(21)7-6-14-4-3-5-16(13-14)20(22)23/h3-7,13,15H,2,8-12H2,1H3,(H,18,21)/p+1/b7-6+. The number of carbonyl (C=O) groups is 1. The van der Waals surface area contributed by atoms with Crippen LogP contribution < -0.4 is 10.2 Å². The number of hydrogen-bond donors (Lipinski definition) is 2. The minimum atomic E-state index is -0.441. The summed E-state index contributed by atoms with van der Waals surface area (Å²) in [4.78, 5) is 23.9. The van der Waals surface area contributed by atoms with Gasteiger partial charge in [-0.15, -0.1) is 0 Å². The summed E-state index contributed by atoms with van der Waals surface area (Å²) in [6.07, 6.45) is 6.26. The molecule has 0 aliphatic carbocycles. The molecular formula is C17H24N3O3+. The number of likely N-dealkylation sites (tertiary alicyclic amines) is 1. The lowest BCUT2D eigenvalue weighted by atomic mass is 10.0. The Morgan fingerprint density at radius 2 is 2.17 bits per heavy atom. The molecule has 1 amide bonds. The van der Waals surface area contributed by atoms with Crippen molar-refractivity contribution in [3.8, 4) is 0 Å². The van der Waals surface area contributed by atoms with E-state index in [1.165, 1.54) is 31.2 Å². The van der Waals surface area contributed by atoms with Crippen LogP contribution >= 0.6 is 0 Å². The number of piperidine rings is 1. The van der Waals surface area contributed by atoms with Gasteiger partial charge >= 0.3 is 0 Å². The second-order valence-electron chi connectivity index (χ2n) is 5.97. The van der Waals surface area contributed by atoms with Crippen molar-refractivity contribution in [2.24, 2.45) is 0 Å². The van der Waals surface area contributed by atoms with E-state index >= 15 is 0 Å². The molecule has 1 heterocycles. The van der Waals surface area contributed by atoms with Crippen molar-refractivity contribution in [1.29, 1.82) is 0 Å². The van der Waals surface area contributed by atoms with Crippen molar-refractivity contribution in [2.45, 2.75) is 32.2 Å². The number of nitrogens with one attached hydrogen (secondary N) is 2. The first kappa shape index (κ1) is 17.1. The number of amides is 1. The van der Waals surface area contributed by atoms with E-state index in [-0.39, 0.29) is 17.6 Å². The van der Waals surface area contributed by atoms with E-state index in [0.717, 1.165) is 25.9 Å². The Balaban J connectivity index is 1.83. The molecule has 0 bridgehead atoms. The van der Waals surface area contributed by atoms with Gasteiger partial charge in [-0.3, -0.25) is 14.9 Å². The van der Waals surface area contributed by atoms with Gasteiger partial charge in [-0.1, -0.05) is 19.1 Å². The number of hydrogen-bond acceptors (Lipinski definition) is 3. The molecule has 6 heteroatoms. The molecule has 23 heavy (non-hydrogen) atoms. The molecule has 1 fully saturated rings. The smallest absolute Gasteiger partial charge is 0.270 e. The Bertz CT molecular complexity index is 578. The summed E-state index contributed by atoms with van der Waals surface area (Å²) in [6.45, 7) is 5.60. The summed E-state index contributed by atoms with van der Waals surface area (Å²) < 4.78 is 0. The van der Waals surface area contributed by atoms with Crippen molar-refractivity contribution in [1.82, 2.24) is 5.32 Å². The Kier molecular flexibility index (Phi) is 6.29. The van der Waals surface area contributed by atoms with Gasteiger partial charge in [0.2, 0.25) is 5.91 Å². The third-order valence-electron chi connectivity index (χ3n) is 4.15. The first-order chi connectivity index (χ1) is 11.1. The maximum Gasteiger partial charge on any atom is 0.270 e. The third kappa shape index (κ3) is 5.49. The van der Waals surface area contributed by atoms with E-state index in [2.05, 4.69) is 12.2 Å². The zero-order valence-corrected chi connectivity index (χ0v) is 13.5. The summed E-state index contributed by atoms with van der Waals surface area (Å²) in [5.41, 5.74) is 0.676. The molecule has 1 saturated heterocycles. The Morgan fingerprint density at radius 3 is 2.83 bits per heavy atom. The Morgan fingerprint density at radius 1 is 1.43 bits per heavy atom. The van der Waals surface area contributed by atoms with Gasteiger partial charge in [0.1, 0.15) is 0 Å². The summed E-state index contributed by atoms with van der Waals surface area (Å²) in [5, 5.41) is 13.7. The van der Waals surface area contributed by atoms with E-state index in [9.17, 15) is 14.9 Å². The first-order valence-electron chi connectivity index (χ1n) is 8.15. The van der Waals surface area contributed by atoms with Gasteiger partial charge in [0, 0.05) is 37.1 Å². The fourth-order valence-electron chi connectivity index (χ4n) is 2.94. The average Bonchev–Trinajstić information content (AvgIpc) is 2.55. The van der Waals surface area contributed by atoms with E-state index in [0.29, 0.717) is 5.56 Å². The van der Waals surface area contributed by atoms with Crippen LogP contribution in [0, 0.1) is 10.1 Å². The van der Waals surface area contributed by atoms with Gasteiger partial charge in [-0.05, 0) is 18.1 Å². The van der Waals surface area contributed by atoms with Crippen molar-refractivity contribution < 1.29 is 14.6 Å². The molecule has 2 N–H and O–H groups in total. The Hall–Kier alpha value is -2.21. The zero-order chi connectivity index (χ0) is 16.7. The molecule has 0 atom stereocenters. The number of carbonyl (C=O) groups excluding carboxylic acids is 1. The molecule has 2 rings (SSSR count). The fourth-order valence-corrected chi connectivity index (χ4v) is 2.94. The number of benzene rings is 1. The number of nitro groups is 1. The lowest BCUT2D eigenvalue weighted by Gasteiger charge is -2.29. The number of nitrogens with zero attached hydrogens (tertiary/aromatic N) is 1. The van der Waals surface area contributed by atoms with Crippen LogP contribution in [-0.4, -0.2) is 36.5 Å². The van der Waals surface area contributed by atoms with Gasteiger partial charge in [0.05, 0.1) is 24.6 Å². The highest BCUT2D eigenvalue weighted by Gasteiger charge is 2.21. The van der Waals surface area contributed by atoms with Gasteiger partial charge in [0.15, 0.2) is 0 Å². The highest BCUT2D eigenvalue weighted by atomic mass is 16.6. The van der Waals surface area contributed by atoms with Crippen LogP contribution in [0.1, 0.15) is 31.7 Å². The monoisotopic (exact) mass is 318 g/mol. The number of rotatable bonds is 6. The molecule has 1 aliphatic rings. The van der Waals surface area contributed by atoms with Crippen LogP contribution in [-0.2, 0) is 4.79 Å². The SMILES string of the molecule is CCC[NH+]1CCC(NC(=O)/C=C/c2cccc([N+](=O)[O-])c2)CC1. The maximum atomic E-state index is 12.0. The first-order valence-corrected chi connectivity index (χ1v) is 8.15. The van der Waals surface area contributed by atoms with E-state index in [1.807, 2.05) is 0 Å². The van der Waals surface area contributed by atoms with E-state index < -0.39 is 4.92 Å². The lowest BCUT2D eigenvalue weighted by Crippen LogP contribution is -3.13. The van der Waals surface area contributed by atoms with Gasteiger partial charge < -0.3 is 10.2 Å². The maximum absolute atomic E-state index is 12.0. The molecule has 0 saturated carbocycles. The molecule has 0 unspecified atom stereocenters. The number of quaternary nitrogens is 1. The molecule has 0 spiro atoms. The molecule has 6 nitrogen and oxygen atoms in total. The molecule has 0 aromatic heterocycles. The van der Waals surface area contributed by atoms with Crippen LogP contribution in [0.3, 0.4) is 0 Å². The minimum absolute atomic E-state index is 0.0267. The quantitative estimate of drug-likeness (QED) is 0.470. The van der Waals surface area contributed by atoms with Gasteiger partial charge in [-0.25, -0.2) is 0 Å². The second-order valence-corrected chi connectivity index (χ2v) is 5.97. The normalized spacial score (nSPS) is 21.3. The highest BCUT2D eigenvalue weighted by molar-refractivity contribution is 5.92. The van der Waals surface area contributed by atoms with E-state index in [1.54, 1.807) is 23.1 Å². The fraction of sp³-hybridized carbons (Fsp3) is 0.471. The van der Waals surface area contributed by atoms with Gasteiger partial charge in [-0.2, -0.15) is 0 Å². The molecule has 0 radical (unpaired) electrons. The average molecular weight is 318 g/mol. The van der Waals surface area contributed by atoms with Crippen LogP contribution in [0.5, 0.6) is 0 Å². The number of non-ortho nitro benzene ring substituents is 1.